The largest absolute Gasteiger partial charge is 0.311 e. The minimum Gasteiger partial charge on any atom is -0.311 e. The van der Waals surface area contributed by atoms with Gasteiger partial charge in [0.1, 0.15) is 0 Å². The summed E-state index contributed by atoms with van der Waals surface area (Å²) in [7, 11) is 0. The first-order valence-electron chi connectivity index (χ1n) is 7.41. The molecule has 0 amide bonds. The van der Waals surface area contributed by atoms with Crippen LogP contribution in [0.4, 0.5) is 0 Å². The SMILES string of the molecule is CCC1(CN2CCNC(C(C)(C)C)C2)CCC1. The molecule has 0 spiro atoms. The molecule has 1 aliphatic carbocycles. The summed E-state index contributed by atoms with van der Waals surface area (Å²) in [4.78, 5) is 2.72. The lowest BCUT2D eigenvalue weighted by Crippen LogP contribution is -2.58. The van der Waals surface area contributed by atoms with Gasteiger partial charge >= 0.3 is 0 Å². The first kappa shape index (κ1) is 13.4. The molecule has 0 radical (unpaired) electrons. The van der Waals surface area contributed by atoms with E-state index in [2.05, 4.69) is 37.9 Å². The zero-order valence-corrected chi connectivity index (χ0v) is 12.2. The van der Waals surface area contributed by atoms with Crippen LogP contribution in [0.2, 0.25) is 0 Å². The van der Waals surface area contributed by atoms with Crippen LogP contribution in [0.25, 0.3) is 0 Å². The highest BCUT2D eigenvalue weighted by Crippen LogP contribution is 2.44. The molecule has 0 bridgehead atoms. The van der Waals surface area contributed by atoms with Crippen molar-refractivity contribution < 1.29 is 0 Å². The summed E-state index contributed by atoms with van der Waals surface area (Å²) in [5, 5.41) is 3.69. The van der Waals surface area contributed by atoms with Gasteiger partial charge in [0.05, 0.1) is 0 Å². The number of nitrogens with zero attached hydrogens (tertiary/aromatic N) is 1. The maximum absolute atomic E-state index is 3.69. The number of hydrogen-bond acceptors (Lipinski definition) is 2. The Balaban J connectivity index is 1.89. The van der Waals surface area contributed by atoms with Crippen molar-refractivity contribution in [2.75, 3.05) is 26.2 Å². The Labute approximate surface area is 107 Å². The predicted octanol–water partition coefficient (Wildman–Crippen LogP) is 2.89. The van der Waals surface area contributed by atoms with Crippen molar-refractivity contribution in [1.29, 1.82) is 0 Å². The summed E-state index contributed by atoms with van der Waals surface area (Å²) < 4.78 is 0. The molecule has 1 saturated heterocycles. The second-order valence-corrected chi connectivity index (χ2v) is 7.31. The fourth-order valence-electron chi connectivity index (χ4n) is 3.31. The summed E-state index contributed by atoms with van der Waals surface area (Å²) in [6, 6.07) is 0.658. The van der Waals surface area contributed by atoms with Crippen LogP contribution in [-0.2, 0) is 0 Å². The molecule has 2 nitrogen and oxygen atoms in total. The smallest absolute Gasteiger partial charge is 0.0244 e. The van der Waals surface area contributed by atoms with Gasteiger partial charge in [-0.15, -0.1) is 0 Å². The van der Waals surface area contributed by atoms with Crippen LogP contribution in [0, 0.1) is 10.8 Å². The van der Waals surface area contributed by atoms with Crippen molar-refractivity contribution in [3.8, 4) is 0 Å². The van der Waals surface area contributed by atoms with Crippen molar-refractivity contribution in [3.63, 3.8) is 0 Å². The van der Waals surface area contributed by atoms with E-state index >= 15 is 0 Å². The van der Waals surface area contributed by atoms with E-state index < -0.39 is 0 Å². The van der Waals surface area contributed by atoms with Crippen LogP contribution in [0.1, 0.15) is 53.4 Å². The summed E-state index contributed by atoms with van der Waals surface area (Å²) in [5.41, 5.74) is 1.07. The molecule has 0 aromatic carbocycles. The lowest BCUT2D eigenvalue weighted by Gasteiger charge is -2.48. The van der Waals surface area contributed by atoms with Crippen molar-refractivity contribution in [3.05, 3.63) is 0 Å². The molecule has 1 aliphatic heterocycles. The average molecular weight is 238 g/mol. The third-order valence-electron chi connectivity index (χ3n) is 5.03. The second-order valence-electron chi connectivity index (χ2n) is 7.31. The summed E-state index contributed by atoms with van der Waals surface area (Å²) in [6.45, 7) is 14.4. The first-order valence-corrected chi connectivity index (χ1v) is 7.41. The van der Waals surface area contributed by atoms with E-state index in [-0.39, 0.29) is 0 Å². The fraction of sp³-hybridized carbons (Fsp3) is 1.00. The van der Waals surface area contributed by atoms with Gasteiger partial charge in [0.25, 0.3) is 0 Å². The lowest BCUT2D eigenvalue weighted by molar-refractivity contribution is 0.0353. The minimum absolute atomic E-state index is 0.387. The number of hydrogen-bond donors (Lipinski definition) is 1. The van der Waals surface area contributed by atoms with Crippen molar-refractivity contribution >= 4 is 0 Å². The van der Waals surface area contributed by atoms with Crippen LogP contribution >= 0.6 is 0 Å². The van der Waals surface area contributed by atoms with E-state index in [1.54, 1.807) is 0 Å². The molecular weight excluding hydrogens is 208 g/mol. The highest BCUT2D eigenvalue weighted by molar-refractivity contribution is 4.93. The Morgan fingerprint density at radius 1 is 1.29 bits per heavy atom. The van der Waals surface area contributed by atoms with Gasteiger partial charge in [0.15, 0.2) is 0 Å². The Bertz CT molecular complexity index is 245. The molecule has 1 atom stereocenters. The monoisotopic (exact) mass is 238 g/mol. The maximum atomic E-state index is 3.69. The van der Waals surface area contributed by atoms with Crippen LogP contribution in [0.5, 0.6) is 0 Å². The molecule has 17 heavy (non-hydrogen) atoms. The van der Waals surface area contributed by atoms with Gasteiger partial charge in [0, 0.05) is 32.2 Å². The normalized spacial score (nSPS) is 30.0. The molecule has 2 aliphatic rings. The van der Waals surface area contributed by atoms with Crippen LogP contribution < -0.4 is 5.32 Å². The van der Waals surface area contributed by atoms with Gasteiger partial charge in [-0.1, -0.05) is 34.1 Å². The van der Waals surface area contributed by atoms with E-state index in [1.807, 2.05) is 0 Å². The standard InChI is InChI=1S/C15H30N2/c1-5-15(7-6-8-15)12-17-10-9-16-13(11-17)14(2,3)4/h13,16H,5-12H2,1-4H3. The first-order chi connectivity index (χ1) is 7.95. The van der Waals surface area contributed by atoms with Gasteiger partial charge in [-0.3, -0.25) is 4.90 Å². The van der Waals surface area contributed by atoms with E-state index in [9.17, 15) is 0 Å². The van der Waals surface area contributed by atoms with Gasteiger partial charge in [0.2, 0.25) is 0 Å². The summed E-state index contributed by atoms with van der Waals surface area (Å²) in [6.07, 6.45) is 5.76. The summed E-state index contributed by atoms with van der Waals surface area (Å²) in [5.74, 6) is 0. The molecule has 0 aromatic heterocycles. The van der Waals surface area contributed by atoms with Crippen molar-refractivity contribution in [1.82, 2.24) is 10.2 Å². The third kappa shape index (κ3) is 3.03. The van der Waals surface area contributed by atoms with Crippen LogP contribution in [0.15, 0.2) is 0 Å². The Hall–Kier alpha value is -0.0800. The minimum atomic E-state index is 0.387. The Morgan fingerprint density at radius 3 is 2.47 bits per heavy atom. The van der Waals surface area contributed by atoms with Crippen LogP contribution in [-0.4, -0.2) is 37.1 Å². The molecule has 2 fully saturated rings. The molecule has 1 heterocycles. The third-order valence-corrected chi connectivity index (χ3v) is 5.03. The van der Waals surface area contributed by atoms with E-state index in [0.717, 1.165) is 0 Å². The molecule has 1 N–H and O–H groups in total. The highest BCUT2D eigenvalue weighted by Gasteiger charge is 2.38. The molecule has 2 heteroatoms. The van der Waals surface area contributed by atoms with E-state index in [0.29, 0.717) is 16.9 Å². The maximum Gasteiger partial charge on any atom is 0.0244 e. The van der Waals surface area contributed by atoms with Gasteiger partial charge in [-0.25, -0.2) is 0 Å². The Morgan fingerprint density at radius 2 is 2.00 bits per heavy atom. The van der Waals surface area contributed by atoms with E-state index in [1.165, 1.54) is 51.9 Å². The molecule has 0 aromatic rings. The number of piperazine rings is 1. The topological polar surface area (TPSA) is 15.3 Å². The number of nitrogens with one attached hydrogen (secondary N) is 1. The summed E-state index contributed by atoms with van der Waals surface area (Å²) >= 11 is 0. The van der Waals surface area contributed by atoms with Crippen LogP contribution in [0.3, 0.4) is 0 Å². The molecule has 1 unspecified atom stereocenters. The quantitative estimate of drug-likeness (QED) is 0.813. The fourth-order valence-corrected chi connectivity index (χ4v) is 3.31. The zero-order chi connectivity index (χ0) is 12.5. The highest BCUT2D eigenvalue weighted by atomic mass is 15.2. The number of rotatable bonds is 3. The molecule has 2 rings (SSSR count). The van der Waals surface area contributed by atoms with Gasteiger partial charge in [-0.05, 0) is 30.1 Å². The van der Waals surface area contributed by atoms with Crippen molar-refractivity contribution in [2.24, 2.45) is 10.8 Å². The molecular formula is C15H30N2. The van der Waals surface area contributed by atoms with Gasteiger partial charge in [-0.2, -0.15) is 0 Å². The average Bonchev–Trinajstić information content (AvgIpc) is 2.23. The molecule has 100 valence electrons. The van der Waals surface area contributed by atoms with Gasteiger partial charge < -0.3 is 5.32 Å². The predicted molar refractivity (Wildman–Crippen MR) is 74.3 cm³/mol. The Kier molecular flexibility index (Phi) is 3.84. The molecule has 1 saturated carbocycles. The van der Waals surface area contributed by atoms with E-state index in [4.69, 9.17) is 0 Å². The van der Waals surface area contributed by atoms with Crippen molar-refractivity contribution in [2.45, 2.75) is 59.4 Å². The zero-order valence-electron chi connectivity index (χ0n) is 12.2. The second kappa shape index (κ2) is 4.89. The lowest BCUT2D eigenvalue weighted by atomic mass is 9.66.